The van der Waals surface area contributed by atoms with Gasteiger partial charge in [0.2, 0.25) is 0 Å². The lowest BCUT2D eigenvalue weighted by atomic mass is 10.0. The SMILES string of the molecule is Oc1cc(F)cc(-c2cc(F)c(F)cc2F)c1. The quantitative estimate of drug-likeness (QED) is 0.598. The Kier molecular flexibility index (Phi) is 2.75. The third-order valence-electron chi connectivity index (χ3n) is 2.20. The Balaban J connectivity index is 2.64. The third kappa shape index (κ3) is 2.22. The molecular weight excluding hydrogens is 236 g/mol. The van der Waals surface area contributed by atoms with Crippen molar-refractivity contribution in [2.24, 2.45) is 0 Å². The van der Waals surface area contributed by atoms with E-state index < -0.39 is 29.0 Å². The molecule has 0 aliphatic rings. The molecular formula is C12H6F4O. The van der Waals surface area contributed by atoms with Crippen LogP contribution in [0.25, 0.3) is 11.1 Å². The maximum Gasteiger partial charge on any atom is 0.161 e. The number of rotatable bonds is 1. The minimum absolute atomic E-state index is 0.0705. The molecule has 1 N–H and O–H groups in total. The molecule has 0 spiro atoms. The van der Waals surface area contributed by atoms with Gasteiger partial charge in [-0.1, -0.05) is 0 Å². The predicted molar refractivity (Wildman–Crippen MR) is 53.4 cm³/mol. The molecule has 0 heterocycles. The highest BCUT2D eigenvalue weighted by Gasteiger charge is 2.12. The largest absolute Gasteiger partial charge is 0.508 e. The van der Waals surface area contributed by atoms with Gasteiger partial charge >= 0.3 is 0 Å². The zero-order chi connectivity index (χ0) is 12.6. The molecule has 0 bridgehead atoms. The molecule has 17 heavy (non-hydrogen) atoms. The van der Waals surface area contributed by atoms with Crippen LogP contribution in [-0.4, -0.2) is 5.11 Å². The summed E-state index contributed by atoms with van der Waals surface area (Å²) in [6.45, 7) is 0. The van der Waals surface area contributed by atoms with E-state index in [1.807, 2.05) is 0 Å². The van der Waals surface area contributed by atoms with E-state index in [1.54, 1.807) is 0 Å². The molecule has 0 saturated carbocycles. The van der Waals surface area contributed by atoms with Crippen LogP contribution in [0.15, 0.2) is 30.3 Å². The Morgan fingerprint density at radius 3 is 2.00 bits per heavy atom. The number of phenols is 1. The van der Waals surface area contributed by atoms with Crippen molar-refractivity contribution in [3.63, 3.8) is 0 Å². The van der Waals surface area contributed by atoms with E-state index in [4.69, 9.17) is 5.11 Å². The Morgan fingerprint density at radius 1 is 0.706 bits per heavy atom. The molecule has 0 radical (unpaired) electrons. The number of aromatic hydroxyl groups is 1. The first kappa shape index (κ1) is 11.4. The summed E-state index contributed by atoms with van der Waals surface area (Å²) in [7, 11) is 0. The molecule has 88 valence electrons. The second-order valence-electron chi connectivity index (χ2n) is 3.44. The molecule has 0 aliphatic heterocycles. The van der Waals surface area contributed by atoms with Crippen LogP contribution in [0.1, 0.15) is 0 Å². The number of halogens is 4. The second-order valence-corrected chi connectivity index (χ2v) is 3.44. The van der Waals surface area contributed by atoms with Gasteiger partial charge in [0.15, 0.2) is 11.6 Å². The van der Waals surface area contributed by atoms with Crippen LogP contribution in [0, 0.1) is 23.3 Å². The maximum atomic E-state index is 13.4. The monoisotopic (exact) mass is 242 g/mol. The Hall–Kier alpha value is -2.04. The summed E-state index contributed by atoms with van der Waals surface area (Å²) in [6, 6.07) is 3.76. The van der Waals surface area contributed by atoms with Gasteiger partial charge in [-0.3, -0.25) is 0 Å². The summed E-state index contributed by atoms with van der Waals surface area (Å²) >= 11 is 0. The lowest BCUT2D eigenvalue weighted by molar-refractivity contribution is 0.469. The molecule has 2 rings (SSSR count). The van der Waals surface area contributed by atoms with Gasteiger partial charge in [-0.2, -0.15) is 0 Å². The van der Waals surface area contributed by atoms with Crippen LogP contribution in [0.4, 0.5) is 17.6 Å². The van der Waals surface area contributed by atoms with Crippen molar-refractivity contribution in [1.82, 2.24) is 0 Å². The van der Waals surface area contributed by atoms with E-state index in [1.165, 1.54) is 0 Å². The topological polar surface area (TPSA) is 20.2 Å². The van der Waals surface area contributed by atoms with Crippen LogP contribution in [0.2, 0.25) is 0 Å². The fraction of sp³-hybridized carbons (Fsp3) is 0. The zero-order valence-corrected chi connectivity index (χ0v) is 8.35. The van der Waals surface area contributed by atoms with Crippen LogP contribution < -0.4 is 0 Å². The highest BCUT2D eigenvalue weighted by atomic mass is 19.2. The lowest BCUT2D eigenvalue weighted by Gasteiger charge is -2.05. The zero-order valence-electron chi connectivity index (χ0n) is 8.35. The first-order valence-corrected chi connectivity index (χ1v) is 4.62. The first-order valence-electron chi connectivity index (χ1n) is 4.62. The van der Waals surface area contributed by atoms with Gasteiger partial charge in [-0.05, 0) is 23.8 Å². The van der Waals surface area contributed by atoms with Crippen LogP contribution in [0.3, 0.4) is 0 Å². The molecule has 0 atom stereocenters. The fourth-order valence-corrected chi connectivity index (χ4v) is 1.47. The normalized spacial score (nSPS) is 10.6. The van der Waals surface area contributed by atoms with E-state index >= 15 is 0 Å². The van der Waals surface area contributed by atoms with Gasteiger partial charge in [0, 0.05) is 17.7 Å². The number of benzene rings is 2. The summed E-state index contributed by atoms with van der Waals surface area (Å²) in [5.74, 6) is -4.83. The molecule has 0 aliphatic carbocycles. The van der Waals surface area contributed by atoms with E-state index in [0.29, 0.717) is 12.1 Å². The van der Waals surface area contributed by atoms with Gasteiger partial charge in [0.25, 0.3) is 0 Å². The second kappa shape index (κ2) is 4.08. The Bertz CT molecular complexity index is 561. The highest BCUT2D eigenvalue weighted by molar-refractivity contribution is 5.65. The van der Waals surface area contributed by atoms with E-state index in [0.717, 1.165) is 18.2 Å². The molecule has 0 fully saturated rings. The van der Waals surface area contributed by atoms with Crippen molar-refractivity contribution >= 4 is 0 Å². The number of hydrogen-bond acceptors (Lipinski definition) is 1. The Labute approximate surface area is 93.9 Å². The van der Waals surface area contributed by atoms with Gasteiger partial charge < -0.3 is 5.11 Å². The predicted octanol–water partition coefficient (Wildman–Crippen LogP) is 3.62. The van der Waals surface area contributed by atoms with Gasteiger partial charge in [0.1, 0.15) is 17.4 Å². The molecule has 0 saturated heterocycles. The van der Waals surface area contributed by atoms with Crippen LogP contribution >= 0.6 is 0 Å². The van der Waals surface area contributed by atoms with Gasteiger partial charge in [0.05, 0.1) is 0 Å². The average Bonchev–Trinajstić information content (AvgIpc) is 2.22. The van der Waals surface area contributed by atoms with E-state index in [-0.39, 0.29) is 11.1 Å². The maximum absolute atomic E-state index is 13.4. The lowest BCUT2D eigenvalue weighted by Crippen LogP contribution is -1.91. The van der Waals surface area contributed by atoms with Crippen molar-refractivity contribution in [3.05, 3.63) is 53.6 Å². The number of hydrogen-bond donors (Lipinski definition) is 1. The average molecular weight is 242 g/mol. The summed E-state index contributed by atoms with van der Waals surface area (Å²) in [5.41, 5.74) is -0.391. The van der Waals surface area contributed by atoms with Crippen molar-refractivity contribution in [2.75, 3.05) is 0 Å². The summed E-state index contributed by atoms with van der Waals surface area (Å²) in [4.78, 5) is 0. The summed E-state index contributed by atoms with van der Waals surface area (Å²) in [5, 5.41) is 9.14. The molecule has 0 unspecified atom stereocenters. The summed E-state index contributed by atoms with van der Waals surface area (Å²) < 4.78 is 52.0. The molecule has 0 aromatic heterocycles. The van der Waals surface area contributed by atoms with Crippen LogP contribution in [-0.2, 0) is 0 Å². The van der Waals surface area contributed by atoms with E-state index in [2.05, 4.69) is 0 Å². The van der Waals surface area contributed by atoms with Crippen molar-refractivity contribution < 1.29 is 22.7 Å². The number of phenolic OH excluding ortho intramolecular Hbond substituents is 1. The minimum Gasteiger partial charge on any atom is -0.508 e. The molecule has 2 aromatic carbocycles. The van der Waals surface area contributed by atoms with Crippen molar-refractivity contribution in [2.45, 2.75) is 0 Å². The van der Waals surface area contributed by atoms with Gasteiger partial charge in [-0.15, -0.1) is 0 Å². The first-order chi connectivity index (χ1) is 7.97. The highest BCUT2D eigenvalue weighted by Crippen LogP contribution is 2.28. The molecule has 5 heteroatoms. The Morgan fingerprint density at radius 2 is 1.35 bits per heavy atom. The molecule has 2 aromatic rings. The minimum atomic E-state index is -1.33. The van der Waals surface area contributed by atoms with Crippen molar-refractivity contribution in [3.8, 4) is 16.9 Å². The standard InChI is InChI=1S/C12H6F4O/c13-7-1-6(2-8(17)3-7)9-4-11(15)12(16)5-10(9)14/h1-5,17H. The van der Waals surface area contributed by atoms with Crippen LogP contribution in [0.5, 0.6) is 5.75 Å². The fourth-order valence-electron chi connectivity index (χ4n) is 1.47. The van der Waals surface area contributed by atoms with E-state index in [9.17, 15) is 17.6 Å². The summed E-state index contributed by atoms with van der Waals surface area (Å²) in [6.07, 6.45) is 0. The van der Waals surface area contributed by atoms with Crippen molar-refractivity contribution in [1.29, 1.82) is 0 Å². The molecule has 1 nitrogen and oxygen atoms in total. The van der Waals surface area contributed by atoms with Gasteiger partial charge in [-0.25, -0.2) is 17.6 Å². The third-order valence-corrected chi connectivity index (χ3v) is 2.20. The molecule has 0 amide bonds. The smallest absolute Gasteiger partial charge is 0.161 e.